The number of aromatic nitrogens is 3. The number of benzene rings is 2. The number of thioether (sulfide) groups is 1. The van der Waals surface area contributed by atoms with Crippen LogP contribution in [0.5, 0.6) is 11.5 Å². The molecule has 0 saturated heterocycles. The van der Waals surface area contributed by atoms with Crippen LogP contribution in [0.15, 0.2) is 66.3 Å². The molecule has 3 rings (SSSR count). The highest BCUT2D eigenvalue weighted by Gasteiger charge is 2.15. The van der Waals surface area contributed by atoms with Gasteiger partial charge in [-0.05, 0) is 24.3 Å². The van der Waals surface area contributed by atoms with Crippen LogP contribution >= 0.6 is 11.8 Å². The summed E-state index contributed by atoms with van der Waals surface area (Å²) in [6.45, 7) is 4.38. The summed E-state index contributed by atoms with van der Waals surface area (Å²) >= 11 is 1.20. The van der Waals surface area contributed by atoms with Crippen molar-refractivity contribution in [2.45, 2.75) is 18.3 Å². The number of para-hydroxylation sites is 3. The Morgan fingerprint density at radius 1 is 1.20 bits per heavy atom. The van der Waals surface area contributed by atoms with Crippen molar-refractivity contribution >= 4 is 23.4 Å². The van der Waals surface area contributed by atoms with Crippen LogP contribution in [-0.4, -0.2) is 33.5 Å². The zero-order valence-electron chi connectivity index (χ0n) is 16.4. The van der Waals surface area contributed by atoms with E-state index in [0.717, 1.165) is 0 Å². The number of hydrogen-bond acceptors (Lipinski definition) is 6. The first-order valence-electron chi connectivity index (χ1n) is 9.08. The fourth-order valence-corrected chi connectivity index (χ4v) is 3.37. The summed E-state index contributed by atoms with van der Waals surface area (Å²) in [5.74, 6) is 1.01. The van der Waals surface area contributed by atoms with E-state index < -0.39 is 5.82 Å². The standard InChI is InChI=1S/C21H21FN4O3S/c1-3-12-26-19(13-29-18-11-7-6-10-17(18)28-2)24-25-21(26)30-14-20(27)23-16-9-5-4-8-15(16)22/h3-11H,1,12-14H2,2H3,(H,23,27). The van der Waals surface area contributed by atoms with E-state index in [0.29, 0.717) is 29.0 Å². The number of ether oxygens (including phenoxy) is 2. The first-order valence-corrected chi connectivity index (χ1v) is 10.1. The summed E-state index contributed by atoms with van der Waals surface area (Å²) in [6, 6.07) is 13.3. The molecule has 156 valence electrons. The number of carbonyl (C=O) groups is 1. The minimum Gasteiger partial charge on any atom is -0.493 e. The molecule has 0 saturated carbocycles. The molecule has 0 aliphatic rings. The number of anilines is 1. The fourth-order valence-electron chi connectivity index (χ4n) is 2.60. The summed E-state index contributed by atoms with van der Waals surface area (Å²) in [6.07, 6.45) is 1.71. The van der Waals surface area contributed by atoms with Crippen LogP contribution in [0.3, 0.4) is 0 Å². The molecule has 1 N–H and O–H groups in total. The highest BCUT2D eigenvalue weighted by molar-refractivity contribution is 7.99. The summed E-state index contributed by atoms with van der Waals surface area (Å²) in [4.78, 5) is 12.2. The third kappa shape index (κ3) is 5.38. The van der Waals surface area contributed by atoms with Crippen molar-refractivity contribution in [2.75, 3.05) is 18.2 Å². The Balaban J connectivity index is 1.64. The summed E-state index contributed by atoms with van der Waals surface area (Å²) in [5, 5.41) is 11.4. The van der Waals surface area contributed by atoms with E-state index in [1.165, 1.54) is 23.9 Å². The number of halogens is 1. The molecule has 7 nitrogen and oxygen atoms in total. The first kappa shape index (κ1) is 21.4. The molecule has 3 aromatic rings. The molecule has 0 bridgehead atoms. The average molecular weight is 428 g/mol. The van der Waals surface area contributed by atoms with Gasteiger partial charge in [-0.25, -0.2) is 4.39 Å². The number of amides is 1. The SMILES string of the molecule is C=CCn1c(COc2ccccc2OC)nnc1SCC(=O)Nc1ccccc1F. The highest BCUT2D eigenvalue weighted by atomic mass is 32.2. The maximum absolute atomic E-state index is 13.7. The largest absolute Gasteiger partial charge is 0.493 e. The third-order valence-corrected chi connectivity index (χ3v) is 4.98. The molecule has 1 aromatic heterocycles. The molecule has 1 amide bonds. The van der Waals surface area contributed by atoms with Crippen LogP contribution in [0.25, 0.3) is 0 Å². The number of allylic oxidation sites excluding steroid dienone is 1. The molecule has 2 aromatic carbocycles. The van der Waals surface area contributed by atoms with E-state index in [4.69, 9.17) is 9.47 Å². The number of nitrogens with zero attached hydrogens (tertiary/aromatic N) is 3. The number of hydrogen-bond donors (Lipinski definition) is 1. The topological polar surface area (TPSA) is 78.3 Å². The Kier molecular flexibility index (Phi) is 7.45. The molecule has 9 heteroatoms. The van der Waals surface area contributed by atoms with Crippen molar-refractivity contribution < 1.29 is 18.7 Å². The van der Waals surface area contributed by atoms with Crippen molar-refractivity contribution in [3.63, 3.8) is 0 Å². The van der Waals surface area contributed by atoms with E-state index in [-0.39, 0.29) is 24.0 Å². The maximum Gasteiger partial charge on any atom is 0.234 e. The molecule has 0 spiro atoms. The van der Waals surface area contributed by atoms with Crippen molar-refractivity contribution in [1.29, 1.82) is 0 Å². The van der Waals surface area contributed by atoms with Gasteiger partial charge in [-0.15, -0.1) is 16.8 Å². The van der Waals surface area contributed by atoms with E-state index >= 15 is 0 Å². The Labute approximate surface area is 177 Å². The highest BCUT2D eigenvalue weighted by Crippen LogP contribution is 2.27. The molecule has 1 heterocycles. The van der Waals surface area contributed by atoms with Gasteiger partial charge in [0, 0.05) is 6.54 Å². The zero-order chi connectivity index (χ0) is 21.3. The van der Waals surface area contributed by atoms with Gasteiger partial charge in [0.2, 0.25) is 5.91 Å². The van der Waals surface area contributed by atoms with Gasteiger partial charge in [0.05, 0.1) is 18.6 Å². The van der Waals surface area contributed by atoms with Gasteiger partial charge in [0.25, 0.3) is 0 Å². The third-order valence-electron chi connectivity index (χ3n) is 4.01. The van der Waals surface area contributed by atoms with Crippen molar-refractivity contribution in [1.82, 2.24) is 14.8 Å². The van der Waals surface area contributed by atoms with Crippen LogP contribution in [0.1, 0.15) is 5.82 Å². The molecule has 0 unspecified atom stereocenters. The smallest absolute Gasteiger partial charge is 0.234 e. The van der Waals surface area contributed by atoms with Crippen LogP contribution in [-0.2, 0) is 17.9 Å². The normalized spacial score (nSPS) is 10.5. The molecular weight excluding hydrogens is 407 g/mol. The minimum atomic E-state index is -0.485. The number of rotatable bonds is 10. The van der Waals surface area contributed by atoms with Gasteiger partial charge in [-0.3, -0.25) is 9.36 Å². The van der Waals surface area contributed by atoms with Crippen LogP contribution in [0.2, 0.25) is 0 Å². The molecule has 0 fully saturated rings. The number of carbonyl (C=O) groups excluding carboxylic acids is 1. The lowest BCUT2D eigenvalue weighted by Crippen LogP contribution is -2.15. The second-order valence-corrected chi connectivity index (χ2v) is 7.00. The Morgan fingerprint density at radius 2 is 1.93 bits per heavy atom. The second-order valence-electron chi connectivity index (χ2n) is 6.05. The number of nitrogens with one attached hydrogen (secondary N) is 1. The Bertz CT molecular complexity index is 1020. The van der Waals surface area contributed by atoms with Gasteiger partial charge in [-0.2, -0.15) is 0 Å². The first-order chi connectivity index (χ1) is 14.6. The van der Waals surface area contributed by atoms with E-state index in [2.05, 4.69) is 22.1 Å². The minimum absolute atomic E-state index is 0.0526. The van der Waals surface area contributed by atoms with Crippen molar-refractivity contribution in [3.05, 3.63) is 72.8 Å². The lowest BCUT2D eigenvalue weighted by Gasteiger charge is -2.11. The predicted molar refractivity (Wildman–Crippen MR) is 113 cm³/mol. The lowest BCUT2D eigenvalue weighted by atomic mass is 10.3. The molecule has 0 radical (unpaired) electrons. The maximum atomic E-state index is 13.7. The summed E-state index contributed by atoms with van der Waals surface area (Å²) < 4.78 is 26.6. The van der Waals surface area contributed by atoms with Crippen LogP contribution in [0, 0.1) is 5.82 Å². The average Bonchev–Trinajstić information content (AvgIpc) is 3.14. The Hall–Kier alpha value is -3.33. The lowest BCUT2D eigenvalue weighted by molar-refractivity contribution is -0.113. The molecule has 0 aliphatic heterocycles. The molecule has 0 atom stereocenters. The zero-order valence-corrected chi connectivity index (χ0v) is 17.2. The van der Waals surface area contributed by atoms with Gasteiger partial charge in [-0.1, -0.05) is 42.1 Å². The number of methoxy groups -OCH3 is 1. The van der Waals surface area contributed by atoms with Gasteiger partial charge < -0.3 is 14.8 Å². The van der Waals surface area contributed by atoms with E-state index in [1.807, 2.05) is 16.7 Å². The molecule has 0 aliphatic carbocycles. The Morgan fingerprint density at radius 3 is 2.67 bits per heavy atom. The predicted octanol–water partition coefficient (Wildman–Crippen LogP) is 3.92. The quantitative estimate of drug-likeness (QED) is 0.390. The van der Waals surface area contributed by atoms with Gasteiger partial charge in [0.1, 0.15) is 12.4 Å². The van der Waals surface area contributed by atoms with E-state index in [1.54, 1.807) is 37.5 Å². The van der Waals surface area contributed by atoms with Gasteiger partial charge >= 0.3 is 0 Å². The van der Waals surface area contributed by atoms with Crippen molar-refractivity contribution in [2.24, 2.45) is 0 Å². The molecule has 30 heavy (non-hydrogen) atoms. The van der Waals surface area contributed by atoms with Crippen LogP contribution < -0.4 is 14.8 Å². The van der Waals surface area contributed by atoms with E-state index in [9.17, 15) is 9.18 Å². The second kappa shape index (κ2) is 10.4. The van der Waals surface area contributed by atoms with Gasteiger partial charge in [0.15, 0.2) is 22.5 Å². The van der Waals surface area contributed by atoms with Crippen molar-refractivity contribution in [3.8, 4) is 11.5 Å². The summed E-state index contributed by atoms with van der Waals surface area (Å²) in [5.41, 5.74) is 0.140. The van der Waals surface area contributed by atoms with Crippen LogP contribution in [0.4, 0.5) is 10.1 Å². The molecular formula is C21H21FN4O3S. The fraction of sp³-hybridized carbons (Fsp3) is 0.190. The summed E-state index contributed by atoms with van der Waals surface area (Å²) in [7, 11) is 1.57. The monoisotopic (exact) mass is 428 g/mol.